The third-order valence-corrected chi connectivity index (χ3v) is 2.23. The number of nitrogens with one attached hydrogen (secondary N) is 1. The highest BCUT2D eigenvalue weighted by molar-refractivity contribution is 5.77. The molecule has 0 bridgehead atoms. The Morgan fingerprint density at radius 3 is 2.94 bits per heavy atom. The lowest BCUT2D eigenvalue weighted by molar-refractivity contribution is -0.129. The second-order valence-electron chi connectivity index (χ2n) is 3.59. The van der Waals surface area contributed by atoms with Crippen LogP contribution < -0.4 is 5.32 Å². The number of amides is 1. The van der Waals surface area contributed by atoms with Gasteiger partial charge in [0.15, 0.2) is 0 Å². The van der Waals surface area contributed by atoms with Gasteiger partial charge in [-0.25, -0.2) is 0 Å². The largest absolute Gasteiger partial charge is 0.340 e. The van der Waals surface area contributed by atoms with E-state index in [0.717, 1.165) is 5.56 Å². The molecule has 0 atom stereocenters. The Morgan fingerprint density at radius 1 is 1.56 bits per heavy atom. The van der Waals surface area contributed by atoms with Gasteiger partial charge in [0.1, 0.15) is 0 Å². The Bertz CT molecular complexity index is 409. The zero-order chi connectivity index (χ0) is 12.0. The number of likely N-dealkylation sites (N-methyl/N-ethyl adjacent to an activating group) is 2. The van der Waals surface area contributed by atoms with Gasteiger partial charge in [-0.05, 0) is 24.7 Å². The second-order valence-corrected chi connectivity index (χ2v) is 3.59. The molecule has 0 saturated carbocycles. The van der Waals surface area contributed by atoms with Gasteiger partial charge in [0.05, 0.1) is 18.2 Å². The molecule has 1 aromatic rings. The van der Waals surface area contributed by atoms with E-state index in [0.29, 0.717) is 18.7 Å². The molecule has 0 fully saturated rings. The van der Waals surface area contributed by atoms with E-state index in [1.807, 2.05) is 12.1 Å². The number of hydrogen-bond acceptors (Lipinski definition) is 3. The summed E-state index contributed by atoms with van der Waals surface area (Å²) in [5.74, 6) is 0.0323. The fourth-order valence-electron chi connectivity index (χ4n) is 1.39. The summed E-state index contributed by atoms with van der Waals surface area (Å²) in [6, 6.07) is 9.35. The summed E-state index contributed by atoms with van der Waals surface area (Å²) in [6.45, 7) is 0.852. The van der Waals surface area contributed by atoms with E-state index in [2.05, 4.69) is 11.4 Å². The molecular weight excluding hydrogens is 202 g/mol. The number of carbonyl (C=O) groups excluding carboxylic acids is 1. The first-order valence-electron chi connectivity index (χ1n) is 5.05. The first-order chi connectivity index (χ1) is 7.67. The van der Waals surface area contributed by atoms with Crippen LogP contribution >= 0.6 is 0 Å². The smallest absolute Gasteiger partial charge is 0.236 e. The molecule has 0 aliphatic rings. The lowest BCUT2D eigenvalue weighted by Gasteiger charge is -2.17. The average Bonchev–Trinajstić information content (AvgIpc) is 2.29. The minimum Gasteiger partial charge on any atom is -0.340 e. The maximum Gasteiger partial charge on any atom is 0.236 e. The predicted molar refractivity (Wildman–Crippen MR) is 61.6 cm³/mol. The first-order valence-corrected chi connectivity index (χ1v) is 5.05. The monoisotopic (exact) mass is 217 g/mol. The molecule has 0 aromatic heterocycles. The molecule has 4 nitrogen and oxygen atoms in total. The highest BCUT2D eigenvalue weighted by Gasteiger charge is 2.07. The molecule has 0 unspecified atom stereocenters. The summed E-state index contributed by atoms with van der Waals surface area (Å²) >= 11 is 0. The van der Waals surface area contributed by atoms with E-state index in [-0.39, 0.29) is 5.91 Å². The standard InChI is InChI=1S/C12H15N3O/c1-14-8-12(16)15(2)9-11-5-3-4-10(6-11)7-13/h3-6,14H,8-9H2,1-2H3. The van der Waals surface area contributed by atoms with E-state index >= 15 is 0 Å². The van der Waals surface area contributed by atoms with Gasteiger partial charge in [-0.3, -0.25) is 4.79 Å². The van der Waals surface area contributed by atoms with E-state index in [4.69, 9.17) is 5.26 Å². The van der Waals surface area contributed by atoms with E-state index in [1.165, 1.54) is 0 Å². The number of benzene rings is 1. The van der Waals surface area contributed by atoms with Crippen molar-refractivity contribution >= 4 is 5.91 Å². The lowest BCUT2D eigenvalue weighted by atomic mass is 10.1. The summed E-state index contributed by atoms with van der Waals surface area (Å²) in [5, 5.41) is 11.6. The van der Waals surface area contributed by atoms with Crippen molar-refractivity contribution in [3.8, 4) is 6.07 Å². The Morgan fingerprint density at radius 2 is 2.31 bits per heavy atom. The van der Waals surface area contributed by atoms with Crippen LogP contribution in [0.2, 0.25) is 0 Å². The summed E-state index contributed by atoms with van der Waals surface area (Å²) in [6.07, 6.45) is 0. The average molecular weight is 217 g/mol. The van der Waals surface area contributed by atoms with Crippen LogP contribution in [0.15, 0.2) is 24.3 Å². The number of nitrogens with zero attached hydrogens (tertiary/aromatic N) is 2. The summed E-state index contributed by atoms with van der Waals surface area (Å²) < 4.78 is 0. The quantitative estimate of drug-likeness (QED) is 0.809. The van der Waals surface area contributed by atoms with Crippen molar-refractivity contribution in [3.63, 3.8) is 0 Å². The van der Waals surface area contributed by atoms with Gasteiger partial charge >= 0.3 is 0 Å². The van der Waals surface area contributed by atoms with Gasteiger partial charge < -0.3 is 10.2 Å². The van der Waals surface area contributed by atoms with Crippen molar-refractivity contribution in [2.75, 3.05) is 20.6 Å². The van der Waals surface area contributed by atoms with Gasteiger partial charge in [0, 0.05) is 13.6 Å². The zero-order valence-corrected chi connectivity index (χ0v) is 9.53. The number of rotatable bonds is 4. The molecule has 0 saturated heterocycles. The van der Waals surface area contributed by atoms with Gasteiger partial charge in [0.25, 0.3) is 0 Å². The second kappa shape index (κ2) is 5.89. The minimum atomic E-state index is 0.0323. The van der Waals surface area contributed by atoms with Crippen molar-refractivity contribution in [3.05, 3.63) is 35.4 Å². The molecule has 1 aromatic carbocycles. The van der Waals surface area contributed by atoms with Gasteiger partial charge in [0.2, 0.25) is 5.91 Å². The topological polar surface area (TPSA) is 56.1 Å². The summed E-state index contributed by atoms with van der Waals surface area (Å²) in [4.78, 5) is 13.1. The molecule has 0 spiro atoms. The van der Waals surface area contributed by atoms with Gasteiger partial charge in [-0.2, -0.15) is 5.26 Å². The molecule has 84 valence electrons. The molecule has 16 heavy (non-hydrogen) atoms. The van der Waals surface area contributed by atoms with E-state index < -0.39 is 0 Å². The number of nitriles is 1. The van der Waals surface area contributed by atoms with Gasteiger partial charge in [-0.15, -0.1) is 0 Å². The number of hydrogen-bond donors (Lipinski definition) is 1. The van der Waals surface area contributed by atoms with Crippen molar-refractivity contribution in [2.24, 2.45) is 0 Å². The Hall–Kier alpha value is -1.86. The van der Waals surface area contributed by atoms with E-state index in [9.17, 15) is 4.79 Å². The first kappa shape index (κ1) is 12.2. The molecular formula is C12H15N3O. The van der Waals surface area contributed by atoms with Crippen LogP contribution in [0.3, 0.4) is 0 Å². The maximum absolute atomic E-state index is 11.5. The molecule has 1 rings (SSSR count). The summed E-state index contributed by atoms with van der Waals surface area (Å²) in [7, 11) is 3.49. The van der Waals surface area contributed by atoms with Crippen molar-refractivity contribution in [2.45, 2.75) is 6.54 Å². The van der Waals surface area contributed by atoms with Crippen LogP contribution in [0.4, 0.5) is 0 Å². The molecule has 0 aliphatic heterocycles. The molecule has 1 amide bonds. The Labute approximate surface area is 95.5 Å². The van der Waals surface area contributed by atoms with Crippen LogP contribution in [0.5, 0.6) is 0 Å². The van der Waals surface area contributed by atoms with E-state index in [1.54, 1.807) is 31.1 Å². The molecule has 0 aliphatic carbocycles. The SMILES string of the molecule is CNCC(=O)N(C)Cc1cccc(C#N)c1. The highest BCUT2D eigenvalue weighted by atomic mass is 16.2. The van der Waals surface area contributed by atoms with Crippen molar-refractivity contribution in [1.29, 1.82) is 5.26 Å². The minimum absolute atomic E-state index is 0.0323. The third-order valence-electron chi connectivity index (χ3n) is 2.23. The fourth-order valence-corrected chi connectivity index (χ4v) is 1.39. The Kier molecular flexibility index (Phi) is 4.49. The normalized spacial score (nSPS) is 9.56. The fraction of sp³-hybridized carbons (Fsp3) is 0.333. The van der Waals surface area contributed by atoms with Crippen LogP contribution in [0.1, 0.15) is 11.1 Å². The Balaban J connectivity index is 2.66. The van der Waals surface area contributed by atoms with Gasteiger partial charge in [-0.1, -0.05) is 12.1 Å². The lowest BCUT2D eigenvalue weighted by Crippen LogP contribution is -2.33. The predicted octanol–water partition coefficient (Wildman–Crippen LogP) is 0.736. The van der Waals surface area contributed by atoms with Crippen LogP contribution in [-0.2, 0) is 11.3 Å². The third kappa shape index (κ3) is 3.37. The summed E-state index contributed by atoms with van der Waals surface area (Å²) in [5.41, 5.74) is 1.58. The van der Waals surface area contributed by atoms with Crippen LogP contribution in [0.25, 0.3) is 0 Å². The molecule has 0 heterocycles. The maximum atomic E-state index is 11.5. The van der Waals surface area contributed by atoms with Crippen molar-refractivity contribution < 1.29 is 4.79 Å². The zero-order valence-electron chi connectivity index (χ0n) is 9.53. The highest BCUT2D eigenvalue weighted by Crippen LogP contribution is 2.06. The molecule has 1 N–H and O–H groups in total. The number of carbonyl (C=O) groups is 1. The van der Waals surface area contributed by atoms with Crippen molar-refractivity contribution in [1.82, 2.24) is 10.2 Å². The van der Waals surface area contributed by atoms with Crippen LogP contribution in [0, 0.1) is 11.3 Å². The van der Waals surface area contributed by atoms with Crippen LogP contribution in [-0.4, -0.2) is 31.4 Å². The molecule has 0 radical (unpaired) electrons. The molecule has 4 heteroatoms.